The number of amides is 1. The lowest BCUT2D eigenvalue weighted by molar-refractivity contribution is -0.130. The van der Waals surface area contributed by atoms with Gasteiger partial charge in [0.2, 0.25) is 5.91 Å². The number of hydrogen-bond donors (Lipinski definition) is 2. The molecule has 0 aliphatic carbocycles. The Morgan fingerprint density at radius 1 is 1.11 bits per heavy atom. The highest BCUT2D eigenvalue weighted by Gasteiger charge is 2.59. The molecule has 2 heterocycles. The number of rotatable bonds is 5. The maximum Gasteiger partial charge on any atom is 0.236 e. The second-order valence-electron chi connectivity index (χ2n) is 8.47. The number of thiocarbonyl (C=S) groups is 1. The SMILES string of the molecule is COc1ccc(NC(=O)[C@@H]2[C@H]3NC(=S)N(c4cccc(Cl)c4)[C@@]2(C)Oc2c(OC)cccc23)cc1. The standard InChI is InChI=1S/C26H24ClN3O4S/c1-26-21(24(31)28-16-10-12-18(32-2)13-11-16)22(19-8-5-9-20(33-3)23(19)34-26)29-25(35)30(26)17-7-4-6-15(27)14-17/h4-14,21-22H,1-3H3,(H,28,31)(H,29,35)/t21-,22-,26-/m0/s1. The van der Waals surface area contributed by atoms with E-state index < -0.39 is 17.7 Å². The first kappa shape index (κ1) is 23.3. The minimum absolute atomic E-state index is 0.224. The van der Waals surface area contributed by atoms with E-state index in [9.17, 15) is 4.79 Å². The van der Waals surface area contributed by atoms with E-state index in [0.29, 0.717) is 38.8 Å². The van der Waals surface area contributed by atoms with E-state index in [1.807, 2.05) is 37.3 Å². The van der Waals surface area contributed by atoms with Crippen LogP contribution in [0.15, 0.2) is 66.7 Å². The first-order valence-electron chi connectivity index (χ1n) is 11.0. The summed E-state index contributed by atoms with van der Waals surface area (Å²) in [6.07, 6.45) is 0. The minimum Gasteiger partial charge on any atom is -0.497 e. The topological polar surface area (TPSA) is 72.1 Å². The molecule has 0 unspecified atom stereocenters. The van der Waals surface area contributed by atoms with Gasteiger partial charge in [0.05, 0.1) is 20.3 Å². The van der Waals surface area contributed by atoms with Crippen LogP contribution in [0.3, 0.4) is 0 Å². The lowest BCUT2D eigenvalue weighted by Gasteiger charge is -2.56. The van der Waals surface area contributed by atoms with Crippen LogP contribution in [0.5, 0.6) is 17.2 Å². The lowest BCUT2D eigenvalue weighted by Crippen LogP contribution is -2.72. The Labute approximate surface area is 213 Å². The van der Waals surface area contributed by atoms with Gasteiger partial charge in [-0.2, -0.15) is 0 Å². The molecule has 0 radical (unpaired) electrons. The molecule has 5 rings (SSSR count). The molecule has 0 aromatic heterocycles. The van der Waals surface area contributed by atoms with Crippen molar-refractivity contribution < 1.29 is 19.0 Å². The van der Waals surface area contributed by atoms with Gasteiger partial charge in [-0.1, -0.05) is 29.8 Å². The van der Waals surface area contributed by atoms with Gasteiger partial charge in [-0.3, -0.25) is 9.69 Å². The molecular formula is C26H24ClN3O4S. The van der Waals surface area contributed by atoms with E-state index in [4.69, 9.17) is 38.0 Å². The normalized spacial score (nSPS) is 22.4. The number of benzene rings is 3. The lowest BCUT2D eigenvalue weighted by atomic mass is 9.78. The molecule has 2 aliphatic heterocycles. The predicted octanol–water partition coefficient (Wildman–Crippen LogP) is 5.16. The zero-order chi connectivity index (χ0) is 24.7. The van der Waals surface area contributed by atoms with Crippen molar-refractivity contribution in [1.29, 1.82) is 0 Å². The summed E-state index contributed by atoms with van der Waals surface area (Å²) in [5, 5.41) is 7.39. The van der Waals surface area contributed by atoms with Crippen LogP contribution >= 0.6 is 23.8 Å². The molecule has 9 heteroatoms. The highest BCUT2D eigenvalue weighted by molar-refractivity contribution is 7.80. The Balaban J connectivity index is 1.62. The third-order valence-electron chi connectivity index (χ3n) is 6.42. The van der Waals surface area contributed by atoms with Gasteiger partial charge in [-0.15, -0.1) is 0 Å². The van der Waals surface area contributed by atoms with E-state index in [1.165, 1.54) is 0 Å². The average Bonchev–Trinajstić information content (AvgIpc) is 2.83. The fraction of sp³-hybridized carbons (Fsp3) is 0.231. The van der Waals surface area contributed by atoms with Gasteiger partial charge in [0.25, 0.3) is 0 Å². The van der Waals surface area contributed by atoms with Crippen molar-refractivity contribution in [3.05, 3.63) is 77.3 Å². The number of hydrogen-bond acceptors (Lipinski definition) is 5. The monoisotopic (exact) mass is 509 g/mol. The molecule has 0 saturated carbocycles. The van der Waals surface area contributed by atoms with Crippen LogP contribution in [0.4, 0.5) is 11.4 Å². The van der Waals surface area contributed by atoms with Gasteiger partial charge >= 0.3 is 0 Å². The Morgan fingerprint density at radius 2 is 1.86 bits per heavy atom. The fourth-order valence-electron chi connectivity index (χ4n) is 4.83. The summed E-state index contributed by atoms with van der Waals surface area (Å²) in [5.41, 5.74) is 0.961. The predicted molar refractivity (Wildman–Crippen MR) is 140 cm³/mol. The van der Waals surface area contributed by atoms with Gasteiger partial charge in [0.1, 0.15) is 11.7 Å². The molecule has 0 spiro atoms. The number of nitrogens with one attached hydrogen (secondary N) is 2. The van der Waals surface area contributed by atoms with Crippen molar-refractivity contribution >= 4 is 46.2 Å². The number of para-hydroxylation sites is 1. The number of anilines is 2. The molecule has 2 N–H and O–H groups in total. The quantitative estimate of drug-likeness (QED) is 0.460. The summed E-state index contributed by atoms with van der Waals surface area (Å²) in [7, 11) is 3.19. The molecule has 3 aromatic rings. The van der Waals surface area contributed by atoms with Gasteiger partial charge in [0, 0.05) is 22.0 Å². The number of methoxy groups -OCH3 is 2. The molecule has 180 valence electrons. The van der Waals surface area contributed by atoms with Crippen molar-refractivity contribution in [1.82, 2.24) is 5.32 Å². The third-order valence-corrected chi connectivity index (χ3v) is 6.95. The first-order valence-corrected chi connectivity index (χ1v) is 11.8. The average molecular weight is 510 g/mol. The van der Waals surface area contributed by atoms with Crippen LogP contribution in [-0.2, 0) is 4.79 Å². The summed E-state index contributed by atoms with van der Waals surface area (Å²) in [5.74, 6) is 0.937. The van der Waals surface area contributed by atoms with Crippen molar-refractivity contribution in [3.63, 3.8) is 0 Å². The molecule has 35 heavy (non-hydrogen) atoms. The number of nitrogens with zero attached hydrogens (tertiary/aromatic N) is 1. The van der Waals surface area contributed by atoms with Crippen molar-refractivity contribution in [2.45, 2.75) is 18.7 Å². The maximum absolute atomic E-state index is 13.9. The number of carbonyl (C=O) groups excluding carboxylic acids is 1. The number of fused-ring (bicyclic) bond motifs is 4. The summed E-state index contributed by atoms with van der Waals surface area (Å²) in [6, 6.07) is 19.6. The smallest absolute Gasteiger partial charge is 0.236 e. The van der Waals surface area contributed by atoms with E-state index in [0.717, 1.165) is 5.56 Å². The highest BCUT2D eigenvalue weighted by atomic mass is 35.5. The van der Waals surface area contributed by atoms with Crippen LogP contribution in [0.1, 0.15) is 18.5 Å². The number of ether oxygens (including phenoxy) is 3. The van der Waals surface area contributed by atoms with Crippen LogP contribution < -0.4 is 29.7 Å². The van der Waals surface area contributed by atoms with Gasteiger partial charge in [-0.25, -0.2) is 0 Å². The molecule has 3 aromatic carbocycles. The molecular weight excluding hydrogens is 486 g/mol. The van der Waals surface area contributed by atoms with Crippen LogP contribution in [-0.4, -0.2) is 31.0 Å². The molecule has 7 nitrogen and oxygen atoms in total. The number of carbonyl (C=O) groups is 1. The van der Waals surface area contributed by atoms with Crippen LogP contribution in [0.2, 0.25) is 5.02 Å². The number of halogens is 1. The molecule has 1 saturated heterocycles. The van der Waals surface area contributed by atoms with E-state index in [1.54, 1.807) is 55.5 Å². The second kappa shape index (κ2) is 8.94. The Morgan fingerprint density at radius 3 is 2.54 bits per heavy atom. The summed E-state index contributed by atoms with van der Waals surface area (Å²) < 4.78 is 17.5. The molecule has 1 fully saturated rings. The third kappa shape index (κ3) is 3.92. The molecule has 2 aliphatic rings. The van der Waals surface area contributed by atoms with Crippen molar-refractivity contribution in [2.75, 3.05) is 24.4 Å². The fourth-order valence-corrected chi connectivity index (χ4v) is 5.43. The summed E-state index contributed by atoms with van der Waals surface area (Å²) in [6.45, 7) is 1.86. The van der Waals surface area contributed by atoms with E-state index in [-0.39, 0.29) is 5.91 Å². The van der Waals surface area contributed by atoms with Crippen molar-refractivity contribution in [3.8, 4) is 17.2 Å². The van der Waals surface area contributed by atoms with Crippen molar-refractivity contribution in [2.24, 2.45) is 5.92 Å². The van der Waals surface area contributed by atoms with Crippen LogP contribution in [0.25, 0.3) is 0 Å². The Bertz CT molecular complexity index is 1300. The minimum atomic E-state index is -1.18. The van der Waals surface area contributed by atoms with Gasteiger partial charge < -0.3 is 24.8 Å². The van der Waals surface area contributed by atoms with Gasteiger partial charge in [-0.05, 0) is 67.7 Å². The zero-order valence-corrected chi connectivity index (χ0v) is 20.9. The Kier molecular flexibility index (Phi) is 5.94. The summed E-state index contributed by atoms with van der Waals surface area (Å²) in [4.78, 5) is 15.7. The second-order valence-corrected chi connectivity index (χ2v) is 9.30. The Hall–Kier alpha value is -3.49. The van der Waals surface area contributed by atoms with Crippen LogP contribution in [0, 0.1) is 5.92 Å². The summed E-state index contributed by atoms with van der Waals surface area (Å²) >= 11 is 12.1. The highest BCUT2D eigenvalue weighted by Crippen LogP contribution is 2.52. The zero-order valence-electron chi connectivity index (χ0n) is 19.4. The first-order chi connectivity index (χ1) is 16.9. The maximum atomic E-state index is 13.9. The van der Waals surface area contributed by atoms with E-state index >= 15 is 0 Å². The van der Waals surface area contributed by atoms with Gasteiger partial charge in [0.15, 0.2) is 22.3 Å². The largest absolute Gasteiger partial charge is 0.497 e. The molecule has 2 bridgehead atoms. The van der Waals surface area contributed by atoms with E-state index in [2.05, 4.69) is 10.6 Å². The molecule has 1 amide bonds. The molecule has 3 atom stereocenters.